The number of hydrogen-bond acceptors (Lipinski definition) is 4. The maximum Gasteiger partial charge on any atom is 0.573 e. The lowest BCUT2D eigenvalue weighted by Gasteiger charge is -2.50. The molecule has 2 aliphatic rings. The lowest BCUT2D eigenvalue weighted by Crippen LogP contribution is -2.60. The Bertz CT molecular complexity index is 899. The Balaban J connectivity index is 1.56. The van der Waals surface area contributed by atoms with Crippen molar-refractivity contribution in [2.75, 3.05) is 13.1 Å². The molecule has 32 heavy (non-hydrogen) atoms. The minimum absolute atomic E-state index is 0.0927. The lowest BCUT2D eigenvalue weighted by atomic mass is 9.71. The molecular formula is C23H25F5N2O2. The molecule has 4 nitrogen and oxygen atoms in total. The largest absolute Gasteiger partial charge is 0.573 e. The molecule has 4 rings (SSSR count). The summed E-state index contributed by atoms with van der Waals surface area (Å²) >= 11 is 0. The smallest absolute Gasteiger partial charge is 0.435 e. The molecule has 174 valence electrons. The molecular weight excluding hydrogens is 431 g/mol. The molecule has 2 aromatic carbocycles. The second-order valence-electron chi connectivity index (χ2n) is 8.30. The number of benzene rings is 2. The molecule has 0 aromatic heterocycles. The predicted molar refractivity (Wildman–Crippen MR) is 109 cm³/mol. The first-order valence-electron chi connectivity index (χ1n) is 10.6. The number of alkyl halides is 5. The van der Waals surface area contributed by atoms with Gasteiger partial charge in [0.2, 0.25) is 0 Å². The molecule has 2 aliphatic heterocycles. The van der Waals surface area contributed by atoms with Crippen molar-refractivity contribution in [1.29, 1.82) is 0 Å². The number of piperidine rings is 2. The average molecular weight is 456 g/mol. The zero-order valence-electron chi connectivity index (χ0n) is 17.3. The van der Waals surface area contributed by atoms with E-state index in [0.717, 1.165) is 44.0 Å². The van der Waals surface area contributed by atoms with Crippen LogP contribution >= 0.6 is 0 Å². The zero-order valence-corrected chi connectivity index (χ0v) is 17.3. The van der Waals surface area contributed by atoms with Crippen LogP contribution in [0.2, 0.25) is 0 Å². The third-order valence-corrected chi connectivity index (χ3v) is 6.34. The topological polar surface area (TPSA) is 42.5 Å². The van der Waals surface area contributed by atoms with Crippen molar-refractivity contribution in [3.8, 4) is 11.5 Å². The number of rotatable bonds is 5. The minimum Gasteiger partial charge on any atom is -0.435 e. The van der Waals surface area contributed by atoms with Crippen LogP contribution in [0, 0.1) is 0 Å². The molecule has 0 amide bonds. The summed E-state index contributed by atoms with van der Waals surface area (Å²) in [5.74, 6) is -0.862. The molecule has 2 heterocycles. The van der Waals surface area contributed by atoms with Crippen LogP contribution in [0.5, 0.6) is 11.5 Å². The highest BCUT2D eigenvalue weighted by atomic mass is 19.4. The highest BCUT2D eigenvalue weighted by molar-refractivity contribution is 5.43. The number of hydrogen-bond donors (Lipinski definition) is 2. The summed E-state index contributed by atoms with van der Waals surface area (Å²) in [5, 5.41) is 7.20. The van der Waals surface area contributed by atoms with Crippen molar-refractivity contribution in [3.63, 3.8) is 0 Å². The highest BCUT2D eigenvalue weighted by Gasteiger charge is 2.44. The van der Waals surface area contributed by atoms with E-state index in [0.29, 0.717) is 13.0 Å². The van der Waals surface area contributed by atoms with Crippen molar-refractivity contribution in [2.45, 2.75) is 56.2 Å². The summed E-state index contributed by atoms with van der Waals surface area (Å²) < 4.78 is 72.4. The van der Waals surface area contributed by atoms with Gasteiger partial charge in [-0.2, -0.15) is 8.78 Å². The van der Waals surface area contributed by atoms with Crippen LogP contribution < -0.4 is 20.1 Å². The van der Waals surface area contributed by atoms with Crippen LogP contribution in [-0.4, -0.2) is 31.6 Å². The van der Waals surface area contributed by atoms with Crippen molar-refractivity contribution in [2.24, 2.45) is 0 Å². The van der Waals surface area contributed by atoms with Gasteiger partial charge < -0.3 is 20.1 Å². The van der Waals surface area contributed by atoms with E-state index in [1.54, 1.807) is 0 Å². The average Bonchev–Trinajstić information content (AvgIpc) is 2.75. The summed E-state index contributed by atoms with van der Waals surface area (Å²) in [5.41, 5.74) is 1.25. The Labute approximate surface area is 183 Å². The van der Waals surface area contributed by atoms with Crippen molar-refractivity contribution < 1.29 is 31.4 Å². The summed E-state index contributed by atoms with van der Waals surface area (Å²) in [6.07, 6.45) is -1.57. The van der Waals surface area contributed by atoms with Crippen LogP contribution in [0.3, 0.4) is 0 Å². The van der Waals surface area contributed by atoms with Crippen LogP contribution in [0.15, 0.2) is 48.5 Å². The van der Waals surface area contributed by atoms with Gasteiger partial charge in [0.05, 0.1) is 6.04 Å². The van der Waals surface area contributed by atoms with Crippen LogP contribution in [-0.2, 0) is 0 Å². The molecule has 0 bridgehead atoms. The quantitative estimate of drug-likeness (QED) is 0.582. The monoisotopic (exact) mass is 456 g/mol. The first kappa shape index (κ1) is 22.8. The van der Waals surface area contributed by atoms with Gasteiger partial charge in [0.1, 0.15) is 11.5 Å². The SMILES string of the molecule is FC(F)Oc1ccc(OC(F)(F)F)cc1[C@@H]1CC[C@]2(CCCNC2c2ccccc2)NC1. The predicted octanol–water partition coefficient (Wildman–Crippen LogP) is 5.52. The molecule has 2 N–H and O–H groups in total. The molecule has 0 aliphatic carbocycles. The van der Waals surface area contributed by atoms with Gasteiger partial charge in [0.25, 0.3) is 0 Å². The molecule has 9 heteroatoms. The molecule has 0 saturated carbocycles. The molecule has 0 radical (unpaired) electrons. The highest BCUT2D eigenvalue weighted by Crippen LogP contribution is 2.44. The van der Waals surface area contributed by atoms with E-state index in [2.05, 4.69) is 32.2 Å². The maximum absolute atomic E-state index is 12.9. The van der Waals surface area contributed by atoms with Crippen molar-refractivity contribution in [1.82, 2.24) is 10.6 Å². The van der Waals surface area contributed by atoms with Gasteiger partial charge in [0, 0.05) is 23.6 Å². The van der Waals surface area contributed by atoms with Gasteiger partial charge in [-0.05, 0) is 56.0 Å². The second kappa shape index (κ2) is 9.23. The summed E-state index contributed by atoms with van der Waals surface area (Å²) in [7, 11) is 0. The van der Waals surface area contributed by atoms with Gasteiger partial charge in [-0.15, -0.1) is 13.2 Å². The Hall–Kier alpha value is -2.39. The van der Waals surface area contributed by atoms with Crippen LogP contribution in [0.1, 0.15) is 48.8 Å². The van der Waals surface area contributed by atoms with Crippen LogP contribution in [0.25, 0.3) is 0 Å². The summed E-state index contributed by atoms with van der Waals surface area (Å²) in [6, 6.07) is 13.4. The van der Waals surface area contributed by atoms with Crippen molar-refractivity contribution in [3.05, 3.63) is 59.7 Å². The standard InChI is InChI=1S/C23H25F5N2O2/c24-21(25)31-19-8-7-17(32-23(26,27)28)13-18(19)16-9-11-22(30-14-16)10-4-12-29-20(22)15-5-2-1-3-6-15/h1-3,5-8,13,16,20-21,29-30H,4,9-12,14H2/t16-,20?,22+/m1/s1. The van der Waals surface area contributed by atoms with Gasteiger partial charge in [-0.1, -0.05) is 30.3 Å². The van der Waals surface area contributed by atoms with E-state index in [9.17, 15) is 22.0 Å². The Kier molecular flexibility index (Phi) is 6.57. The molecule has 1 spiro atoms. The van der Waals surface area contributed by atoms with E-state index in [1.165, 1.54) is 5.56 Å². The van der Waals surface area contributed by atoms with Crippen LogP contribution in [0.4, 0.5) is 22.0 Å². The molecule has 2 fully saturated rings. The third kappa shape index (κ3) is 5.15. The fourth-order valence-electron chi connectivity index (χ4n) is 4.99. The fraction of sp³-hybridized carbons (Fsp3) is 0.478. The van der Waals surface area contributed by atoms with E-state index in [-0.39, 0.29) is 28.8 Å². The number of halogens is 5. The normalized spacial score (nSPS) is 26.3. The van der Waals surface area contributed by atoms with E-state index in [4.69, 9.17) is 0 Å². The minimum atomic E-state index is -4.87. The van der Waals surface area contributed by atoms with Gasteiger partial charge >= 0.3 is 13.0 Å². The van der Waals surface area contributed by atoms with Gasteiger partial charge in [0.15, 0.2) is 0 Å². The Morgan fingerprint density at radius 2 is 1.81 bits per heavy atom. The first-order valence-corrected chi connectivity index (χ1v) is 10.6. The van der Waals surface area contributed by atoms with E-state index in [1.807, 2.05) is 18.2 Å². The molecule has 2 aromatic rings. The van der Waals surface area contributed by atoms with E-state index >= 15 is 0 Å². The lowest BCUT2D eigenvalue weighted by molar-refractivity contribution is -0.274. The number of ether oxygens (including phenoxy) is 2. The molecule has 2 saturated heterocycles. The fourth-order valence-corrected chi connectivity index (χ4v) is 4.99. The molecule has 3 atom stereocenters. The Morgan fingerprint density at radius 1 is 1.03 bits per heavy atom. The first-order chi connectivity index (χ1) is 15.3. The second-order valence-corrected chi connectivity index (χ2v) is 8.30. The van der Waals surface area contributed by atoms with Gasteiger partial charge in [-0.25, -0.2) is 0 Å². The summed E-state index contributed by atoms with van der Waals surface area (Å²) in [4.78, 5) is 0. The van der Waals surface area contributed by atoms with E-state index < -0.39 is 18.7 Å². The summed E-state index contributed by atoms with van der Waals surface area (Å²) in [6.45, 7) is -1.74. The third-order valence-electron chi connectivity index (χ3n) is 6.34. The van der Waals surface area contributed by atoms with Crippen molar-refractivity contribution >= 4 is 0 Å². The zero-order chi connectivity index (χ0) is 22.8. The number of nitrogens with one attached hydrogen (secondary N) is 2. The molecule has 1 unspecified atom stereocenters. The Morgan fingerprint density at radius 3 is 2.47 bits per heavy atom. The van der Waals surface area contributed by atoms with Gasteiger partial charge in [-0.3, -0.25) is 0 Å². The maximum atomic E-state index is 12.9.